The van der Waals surface area contributed by atoms with Crippen molar-refractivity contribution in [3.8, 4) is 17.2 Å². The van der Waals surface area contributed by atoms with Crippen LogP contribution >= 0.6 is 0 Å². The van der Waals surface area contributed by atoms with Crippen molar-refractivity contribution < 1.29 is 36.7 Å². The van der Waals surface area contributed by atoms with Crippen molar-refractivity contribution in [3.63, 3.8) is 0 Å². The van der Waals surface area contributed by atoms with Crippen LogP contribution in [0, 0.1) is 0 Å². The molecule has 0 saturated heterocycles. The predicted octanol–water partition coefficient (Wildman–Crippen LogP) is 5.07. The quantitative estimate of drug-likeness (QED) is 0.320. The Morgan fingerprint density at radius 2 is 1.85 bits per heavy atom. The number of carbonyl (C=O) groups is 2. The van der Waals surface area contributed by atoms with E-state index in [-0.39, 0.29) is 59.1 Å². The molecule has 12 heteroatoms. The van der Waals surface area contributed by atoms with Crippen molar-refractivity contribution in [2.45, 2.75) is 45.1 Å². The highest BCUT2D eigenvalue weighted by molar-refractivity contribution is 5.99. The fourth-order valence-electron chi connectivity index (χ4n) is 4.93. The molecule has 0 unspecified atom stereocenters. The largest absolute Gasteiger partial charge is 0.494 e. The van der Waals surface area contributed by atoms with Crippen molar-refractivity contribution in [1.82, 2.24) is 14.9 Å². The van der Waals surface area contributed by atoms with Crippen molar-refractivity contribution in [1.29, 1.82) is 0 Å². The Labute approximate surface area is 233 Å². The first-order chi connectivity index (χ1) is 19.5. The van der Waals surface area contributed by atoms with Crippen LogP contribution in [-0.2, 0) is 28.7 Å². The lowest BCUT2D eigenvalue weighted by Gasteiger charge is -2.35. The van der Waals surface area contributed by atoms with Crippen LogP contribution in [0.1, 0.15) is 53.0 Å². The summed E-state index contributed by atoms with van der Waals surface area (Å²) in [4.78, 5) is 36.5. The number of amides is 1. The molecule has 1 amide bonds. The van der Waals surface area contributed by atoms with E-state index in [2.05, 4.69) is 9.97 Å². The molecule has 9 nitrogen and oxygen atoms in total. The van der Waals surface area contributed by atoms with Gasteiger partial charge in [-0.05, 0) is 49.2 Å². The van der Waals surface area contributed by atoms with Gasteiger partial charge in [0.2, 0.25) is 5.89 Å². The number of esters is 1. The molecule has 1 aliphatic heterocycles. The van der Waals surface area contributed by atoms with Gasteiger partial charge in [-0.15, -0.1) is 0 Å². The lowest BCUT2D eigenvalue weighted by Crippen LogP contribution is -2.49. The number of halogens is 3. The molecule has 3 heterocycles. The second-order valence-corrected chi connectivity index (χ2v) is 9.60. The minimum atomic E-state index is -4.66. The zero-order chi connectivity index (χ0) is 29.5. The number of oxazole rings is 1. The molecule has 2 aromatic heterocycles. The minimum absolute atomic E-state index is 0.0417. The first-order valence-corrected chi connectivity index (χ1v) is 12.9. The summed E-state index contributed by atoms with van der Waals surface area (Å²) >= 11 is 0. The number of ether oxygens (including phenoxy) is 2. The second-order valence-electron chi connectivity index (χ2n) is 9.60. The summed E-state index contributed by atoms with van der Waals surface area (Å²) in [6, 6.07) is 10.9. The van der Waals surface area contributed by atoms with Gasteiger partial charge in [-0.3, -0.25) is 4.79 Å². The van der Waals surface area contributed by atoms with Crippen LogP contribution in [-0.4, -0.2) is 46.5 Å². The molecular weight excluding hydrogens is 541 g/mol. The zero-order valence-electron chi connectivity index (χ0n) is 22.5. The molecule has 0 aliphatic carbocycles. The number of nitrogens with two attached hydrogens (primary N) is 1. The lowest BCUT2D eigenvalue weighted by atomic mass is 9.93. The SMILES string of the molecule is CCOC(=O)[C@H]1Cc2ccccc2CN1C(=O)c1nc(-c2ccc(OC)c3nc(C(F)(F)F)ccc23)oc1[C@H](C)N. The number of alkyl halides is 3. The minimum Gasteiger partial charge on any atom is -0.494 e. The first-order valence-electron chi connectivity index (χ1n) is 12.9. The smallest absolute Gasteiger partial charge is 0.433 e. The molecule has 41 heavy (non-hydrogen) atoms. The number of carbonyl (C=O) groups excluding carboxylic acids is 2. The monoisotopic (exact) mass is 568 g/mol. The summed E-state index contributed by atoms with van der Waals surface area (Å²) in [6.07, 6.45) is -4.41. The molecule has 5 rings (SSSR count). The van der Waals surface area contributed by atoms with Crippen molar-refractivity contribution in [2.24, 2.45) is 5.73 Å². The molecular formula is C29H27F3N4O5. The number of pyridine rings is 1. The summed E-state index contributed by atoms with van der Waals surface area (Å²) in [7, 11) is 1.32. The number of rotatable bonds is 6. The van der Waals surface area contributed by atoms with Crippen LogP contribution in [0.3, 0.4) is 0 Å². The van der Waals surface area contributed by atoms with Crippen molar-refractivity contribution in [3.05, 3.63) is 76.8 Å². The van der Waals surface area contributed by atoms with Crippen LogP contribution in [0.4, 0.5) is 13.2 Å². The van der Waals surface area contributed by atoms with Gasteiger partial charge in [0.1, 0.15) is 23.0 Å². The number of nitrogens with zero attached hydrogens (tertiary/aromatic N) is 3. The molecule has 2 N–H and O–H groups in total. The summed E-state index contributed by atoms with van der Waals surface area (Å²) in [5.41, 5.74) is 7.01. The van der Waals surface area contributed by atoms with Gasteiger partial charge >= 0.3 is 12.1 Å². The van der Waals surface area contributed by atoms with Crippen molar-refractivity contribution in [2.75, 3.05) is 13.7 Å². The molecule has 214 valence electrons. The Bertz CT molecular complexity index is 1630. The Kier molecular flexibility index (Phi) is 7.43. The number of fused-ring (bicyclic) bond motifs is 2. The fourth-order valence-corrected chi connectivity index (χ4v) is 4.93. The zero-order valence-corrected chi connectivity index (χ0v) is 22.5. The molecule has 4 aromatic rings. The summed E-state index contributed by atoms with van der Waals surface area (Å²) < 4.78 is 56.7. The van der Waals surface area contributed by atoms with Crippen LogP contribution in [0.25, 0.3) is 22.4 Å². The fraction of sp³-hybridized carbons (Fsp3) is 0.310. The van der Waals surface area contributed by atoms with E-state index >= 15 is 0 Å². The average Bonchev–Trinajstić information content (AvgIpc) is 3.40. The van der Waals surface area contributed by atoms with Crippen LogP contribution in [0.5, 0.6) is 5.75 Å². The maximum atomic E-state index is 14.0. The Hall–Kier alpha value is -4.45. The first kappa shape index (κ1) is 28.1. The topological polar surface area (TPSA) is 121 Å². The van der Waals surface area contributed by atoms with Crippen LogP contribution < -0.4 is 10.5 Å². The maximum absolute atomic E-state index is 14.0. The van der Waals surface area contributed by atoms with Gasteiger partial charge in [0.25, 0.3) is 5.91 Å². The Morgan fingerprint density at radius 3 is 2.51 bits per heavy atom. The molecule has 0 bridgehead atoms. The van der Waals surface area contributed by atoms with Gasteiger partial charge in [0, 0.05) is 23.9 Å². The van der Waals surface area contributed by atoms with Gasteiger partial charge in [-0.1, -0.05) is 24.3 Å². The maximum Gasteiger partial charge on any atom is 0.433 e. The van der Waals surface area contributed by atoms with E-state index < -0.39 is 35.8 Å². The summed E-state index contributed by atoms with van der Waals surface area (Å²) in [5.74, 6) is -0.992. The van der Waals surface area contributed by atoms with Gasteiger partial charge < -0.3 is 24.5 Å². The summed E-state index contributed by atoms with van der Waals surface area (Å²) in [6.45, 7) is 3.57. The van der Waals surface area contributed by atoms with E-state index in [1.807, 2.05) is 24.3 Å². The van der Waals surface area contributed by atoms with Crippen LogP contribution in [0.15, 0.2) is 52.9 Å². The highest BCUT2D eigenvalue weighted by atomic mass is 19.4. The average molecular weight is 569 g/mol. The lowest BCUT2D eigenvalue weighted by molar-refractivity contribution is -0.149. The second kappa shape index (κ2) is 10.8. The molecule has 0 radical (unpaired) electrons. The number of aromatic nitrogens is 2. The van der Waals surface area contributed by atoms with E-state index in [1.165, 1.54) is 24.1 Å². The molecule has 1 aliphatic rings. The Balaban J connectivity index is 1.61. The molecule has 0 saturated carbocycles. The standard InChI is InChI=1S/C29H27F3N4O5/c1-4-40-28(38)20-13-16-7-5-6-8-17(16)14-36(20)27(37)24-25(15(2)33)41-26(35-24)19-9-11-21(39-3)23-18(19)10-12-22(34-23)29(30,31)32/h5-12,15,20H,4,13-14,33H2,1-3H3/t15-,20+/m0/s1. The molecule has 2 aromatic carbocycles. The van der Waals surface area contributed by atoms with E-state index in [4.69, 9.17) is 19.6 Å². The third-order valence-corrected chi connectivity index (χ3v) is 6.90. The third kappa shape index (κ3) is 5.22. The normalized spacial score (nSPS) is 15.9. The highest BCUT2D eigenvalue weighted by Gasteiger charge is 2.39. The number of hydrogen-bond donors (Lipinski definition) is 1. The number of methoxy groups -OCH3 is 1. The van der Waals surface area contributed by atoms with E-state index in [0.29, 0.717) is 0 Å². The summed E-state index contributed by atoms with van der Waals surface area (Å²) in [5, 5.41) is 0.269. The highest BCUT2D eigenvalue weighted by Crippen LogP contribution is 2.38. The number of benzene rings is 2. The van der Waals surface area contributed by atoms with Gasteiger partial charge in [-0.2, -0.15) is 13.2 Å². The molecule has 2 atom stereocenters. The molecule has 0 spiro atoms. The van der Waals surface area contributed by atoms with E-state index in [1.54, 1.807) is 19.9 Å². The van der Waals surface area contributed by atoms with Gasteiger partial charge in [-0.25, -0.2) is 14.8 Å². The van der Waals surface area contributed by atoms with Gasteiger partial charge in [0.15, 0.2) is 11.5 Å². The van der Waals surface area contributed by atoms with Crippen molar-refractivity contribution >= 4 is 22.8 Å². The van der Waals surface area contributed by atoms with E-state index in [9.17, 15) is 22.8 Å². The predicted molar refractivity (Wildman–Crippen MR) is 142 cm³/mol. The third-order valence-electron chi connectivity index (χ3n) is 6.90. The van der Waals surface area contributed by atoms with E-state index in [0.717, 1.165) is 17.2 Å². The molecule has 0 fully saturated rings. The van der Waals surface area contributed by atoms with Gasteiger partial charge in [0.05, 0.1) is 19.8 Å². The number of hydrogen-bond acceptors (Lipinski definition) is 8. The van der Waals surface area contributed by atoms with Crippen LogP contribution in [0.2, 0.25) is 0 Å². The Morgan fingerprint density at radius 1 is 1.12 bits per heavy atom.